The highest BCUT2D eigenvalue weighted by Gasteiger charge is 2.35. The van der Waals surface area contributed by atoms with E-state index in [1.807, 2.05) is 0 Å². The maximum absolute atomic E-state index is 5.92. The van der Waals surface area contributed by atoms with Crippen molar-refractivity contribution in [3.05, 3.63) is 0 Å². The first-order valence-corrected chi connectivity index (χ1v) is 6.75. The molecule has 0 saturated heterocycles. The molecule has 2 heteroatoms. The quantitative estimate of drug-likeness (QED) is 0.722. The van der Waals surface area contributed by atoms with Crippen molar-refractivity contribution >= 4 is 0 Å². The lowest BCUT2D eigenvalue weighted by Crippen LogP contribution is -2.45. The highest BCUT2D eigenvalue weighted by Crippen LogP contribution is 2.36. The molecule has 2 N–H and O–H groups in total. The molecule has 0 heterocycles. The van der Waals surface area contributed by atoms with E-state index in [4.69, 9.17) is 5.73 Å². The fraction of sp³-hybridized carbons (Fsp3) is 1.00. The van der Waals surface area contributed by atoms with Crippen molar-refractivity contribution in [3.63, 3.8) is 0 Å². The van der Waals surface area contributed by atoms with Gasteiger partial charge < -0.3 is 5.73 Å². The summed E-state index contributed by atoms with van der Waals surface area (Å²) in [5, 5.41) is 0. The monoisotopic (exact) mass is 210 g/mol. The first-order valence-electron chi connectivity index (χ1n) is 6.75. The van der Waals surface area contributed by atoms with Gasteiger partial charge in [-0.3, -0.25) is 4.90 Å². The lowest BCUT2D eigenvalue weighted by atomic mass is 10.0. The lowest BCUT2D eigenvalue weighted by Gasteiger charge is -2.34. The second kappa shape index (κ2) is 5.31. The SMILES string of the molecule is CN(C1CCCCCC1)C(CN)C1CC1. The summed E-state index contributed by atoms with van der Waals surface area (Å²) in [5.41, 5.74) is 5.92. The van der Waals surface area contributed by atoms with E-state index in [0.717, 1.165) is 18.5 Å². The van der Waals surface area contributed by atoms with E-state index in [1.54, 1.807) is 0 Å². The summed E-state index contributed by atoms with van der Waals surface area (Å²) in [6.45, 7) is 0.859. The average molecular weight is 210 g/mol. The molecule has 2 nitrogen and oxygen atoms in total. The Balaban J connectivity index is 1.88. The Hall–Kier alpha value is -0.0800. The van der Waals surface area contributed by atoms with Gasteiger partial charge in [0, 0.05) is 18.6 Å². The number of nitrogens with zero attached hydrogens (tertiary/aromatic N) is 1. The highest BCUT2D eigenvalue weighted by molar-refractivity contribution is 4.90. The van der Waals surface area contributed by atoms with E-state index in [1.165, 1.54) is 51.4 Å². The van der Waals surface area contributed by atoms with Crippen molar-refractivity contribution < 1.29 is 0 Å². The van der Waals surface area contributed by atoms with Gasteiger partial charge in [-0.1, -0.05) is 25.7 Å². The van der Waals surface area contributed by atoms with Crippen LogP contribution in [0, 0.1) is 5.92 Å². The molecular formula is C13H26N2. The molecule has 2 rings (SSSR count). The van der Waals surface area contributed by atoms with Gasteiger partial charge in [-0.05, 0) is 38.6 Å². The molecule has 0 aliphatic heterocycles. The van der Waals surface area contributed by atoms with Crippen LogP contribution in [0.4, 0.5) is 0 Å². The van der Waals surface area contributed by atoms with E-state index >= 15 is 0 Å². The number of likely N-dealkylation sites (N-methyl/N-ethyl adjacent to an activating group) is 1. The minimum atomic E-state index is 0.674. The Labute approximate surface area is 94.2 Å². The molecule has 2 saturated carbocycles. The Kier molecular flexibility index (Phi) is 4.04. The molecule has 0 amide bonds. The molecule has 0 radical (unpaired) electrons. The molecule has 2 aliphatic carbocycles. The average Bonchev–Trinajstić information content (AvgIpc) is 3.05. The van der Waals surface area contributed by atoms with Crippen molar-refractivity contribution in [2.24, 2.45) is 11.7 Å². The van der Waals surface area contributed by atoms with E-state index in [9.17, 15) is 0 Å². The van der Waals surface area contributed by atoms with E-state index < -0.39 is 0 Å². The van der Waals surface area contributed by atoms with Crippen LogP contribution in [0.1, 0.15) is 51.4 Å². The molecule has 0 aromatic rings. The number of rotatable bonds is 4. The summed E-state index contributed by atoms with van der Waals surface area (Å²) in [6, 6.07) is 1.50. The molecule has 0 bridgehead atoms. The first-order chi connectivity index (χ1) is 7.33. The first kappa shape index (κ1) is 11.4. The largest absolute Gasteiger partial charge is 0.329 e. The molecule has 1 unspecified atom stereocenters. The van der Waals surface area contributed by atoms with Crippen LogP contribution in [-0.2, 0) is 0 Å². The Morgan fingerprint density at radius 3 is 2.13 bits per heavy atom. The van der Waals surface area contributed by atoms with Crippen LogP contribution in [0.15, 0.2) is 0 Å². The predicted molar refractivity (Wildman–Crippen MR) is 64.8 cm³/mol. The number of nitrogens with two attached hydrogens (primary N) is 1. The van der Waals surface area contributed by atoms with Gasteiger partial charge in [0.15, 0.2) is 0 Å². The summed E-state index contributed by atoms with van der Waals surface area (Å²) in [6.07, 6.45) is 11.4. The molecule has 1 atom stereocenters. The standard InChI is InChI=1S/C13H26N2/c1-15(13(10-14)11-8-9-11)12-6-4-2-3-5-7-12/h11-13H,2-10,14H2,1H3. The highest BCUT2D eigenvalue weighted by atomic mass is 15.2. The van der Waals surface area contributed by atoms with Crippen LogP contribution in [0.25, 0.3) is 0 Å². The van der Waals surface area contributed by atoms with Crippen LogP contribution in [0.2, 0.25) is 0 Å². The molecule has 0 aromatic carbocycles. The Morgan fingerprint density at radius 1 is 1.07 bits per heavy atom. The molecule has 2 fully saturated rings. The third-order valence-electron chi connectivity index (χ3n) is 4.33. The summed E-state index contributed by atoms with van der Waals surface area (Å²) in [5.74, 6) is 0.920. The fourth-order valence-electron chi connectivity index (χ4n) is 3.11. The summed E-state index contributed by atoms with van der Waals surface area (Å²) in [4.78, 5) is 2.61. The van der Waals surface area contributed by atoms with Crippen LogP contribution < -0.4 is 5.73 Å². The van der Waals surface area contributed by atoms with E-state index in [0.29, 0.717) is 6.04 Å². The van der Waals surface area contributed by atoms with Crippen molar-refractivity contribution in [2.45, 2.75) is 63.5 Å². The maximum Gasteiger partial charge on any atom is 0.0246 e. The van der Waals surface area contributed by atoms with Gasteiger partial charge >= 0.3 is 0 Å². The summed E-state index contributed by atoms with van der Waals surface area (Å²) < 4.78 is 0. The van der Waals surface area contributed by atoms with Gasteiger partial charge in [0.25, 0.3) is 0 Å². The van der Waals surface area contributed by atoms with Crippen LogP contribution in [0.3, 0.4) is 0 Å². The van der Waals surface area contributed by atoms with E-state index in [2.05, 4.69) is 11.9 Å². The van der Waals surface area contributed by atoms with Gasteiger partial charge in [-0.2, -0.15) is 0 Å². The third kappa shape index (κ3) is 2.94. The number of hydrogen-bond donors (Lipinski definition) is 1. The fourth-order valence-corrected chi connectivity index (χ4v) is 3.11. The van der Waals surface area contributed by atoms with Crippen molar-refractivity contribution in [1.82, 2.24) is 4.90 Å². The van der Waals surface area contributed by atoms with Crippen molar-refractivity contribution in [3.8, 4) is 0 Å². The van der Waals surface area contributed by atoms with Crippen LogP contribution >= 0.6 is 0 Å². The zero-order valence-corrected chi connectivity index (χ0v) is 10.1. The second-order valence-corrected chi connectivity index (χ2v) is 5.45. The molecular weight excluding hydrogens is 184 g/mol. The maximum atomic E-state index is 5.92. The Morgan fingerprint density at radius 2 is 1.67 bits per heavy atom. The third-order valence-corrected chi connectivity index (χ3v) is 4.33. The van der Waals surface area contributed by atoms with Gasteiger partial charge in [0.2, 0.25) is 0 Å². The molecule has 0 aromatic heterocycles. The molecule has 15 heavy (non-hydrogen) atoms. The van der Waals surface area contributed by atoms with Crippen molar-refractivity contribution in [1.29, 1.82) is 0 Å². The lowest BCUT2D eigenvalue weighted by molar-refractivity contribution is 0.145. The normalized spacial score (nSPS) is 26.6. The van der Waals surface area contributed by atoms with Gasteiger partial charge in [-0.25, -0.2) is 0 Å². The zero-order chi connectivity index (χ0) is 10.7. The van der Waals surface area contributed by atoms with Gasteiger partial charge in [0.05, 0.1) is 0 Å². The molecule has 2 aliphatic rings. The smallest absolute Gasteiger partial charge is 0.0246 e. The minimum Gasteiger partial charge on any atom is -0.329 e. The van der Waals surface area contributed by atoms with Gasteiger partial charge in [-0.15, -0.1) is 0 Å². The van der Waals surface area contributed by atoms with Gasteiger partial charge in [0.1, 0.15) is 0 Å². The van der Waals surface area contributed by atoms with Crippen LogP contribution in [-0.4, -0.2) is 30.6 Å². The zero-order valence-electron chi connectivity index (χ0n) is 10.1. The summed E-state index contributed by atoms with van der Waals surface area (Å²) >= 11 is 0. The predicted octanol–water partition coefficient (Wildman–Crippen LogP) is 2.38. The molecule has 88 valence electrons. The topological polar surface area (TPSA) is 29.3 Å². The van der Waals surface area contributed by atoms with Crippen molar-refractivity contribution in [2.75, 3.05) is 13.6 Å². The minimum absolute atomic E-state index is 0.674. The van der Waals surface area contributed by atoms with Crippen LogP contribution in [0.5, 0.6) is 0 Å². The Bertz CT molecular complexity index is 181. The number of hydrogen-bond acceptors (Lipinski definition) is 2. The van der Waals surface area contributed by atoms with E-state index in [-0.39, 0.29) is 0 Å². The summed E-state index contributed by atoms with van der Waals surface area (Å²) in [7, 11) is 2.31. The second-order valence-electron chi connectivity index (χ2n) is 5.45. The molecule has 0 spiro atoms.